The van der Waals surface area contributed by atoms with Crippen molar-refractivity contribution in [1.82, 2.24) is 5.43 Å². The molecule has 0 radical (unpaired) electrons. The number of carbonyl (C=O) groups is 1. The monoisotopic (exact) mass is 376 g/mol. The van der Waals surface area contributed by atoms with Crippen molar-refractivity contribution < 1.29 is 19.0 Å². The number of halogens is 1. The number of ether oxygens (including phenoxy) is 3. The normalized spacial score (nSPS) is 10.6. The first-order chi connectivity index (χ1) is 12.6. The van der Waals surface area contributed by atoms with E-state index in [1.54, 1.807) is 50.6 Å². The molecule has 2 rings (SSSR count). The lowest BCUT2D eigenvalue weighted by Gasteiger charge is -2.09. The molecule has 0 aliphatic carbocycles. The van der Waals surface area contributed by atoms with E-state index in [1.807, 2.05) is 6.92 Å². The minimum atomic E-state index is -0.256. The van der Waals surface area contributed by atoms with Crippen molar-refractivity contribution in [2.75, 3.05) is 20.8 Å². The van der Waals surface area contributed by atoms with E-state index in [0.717, 1.165) is 5.56 Å². The summed E-state index contributed by atoms with van der Waals surface area (Å²) in [5.41, 5.74) is 3.97. The highest BCUT2D eigenvalue weighted by molar-refractivity contribution is 6.30. The first-order valence-electron chi connectivity index (χ1n) is 8.02. The molecule has 0 bridgehead atoms. The SMILES string of the molecule is CCOc1ccc(Cl)cc1/C=N/NC(=O)Cc1ccc(OC)c(OC)c1. The first-order valence-corrected chi connectivity index (χ1v) is 8.40. The molecule has 0 aliphatic rings. The van der Waals surface area contributed by atoms with Crippen LogP contribution in [0.4, 0.5) is 0 Å². The lowest BCUT2D eigenvalue weighted by molar-refractivity contribution is -0.120. The molecule has 0 heterocycles. The van der Waals surface area contributed by atoms with Crippen molar-refractivity contribution in [2.45, 2.75) is 13.3 Å². The van der Waals surface area contributed by atoms with Crippen LogP contribution < -0.4 is 19.6 Å². The number of methoxy groups -OCH3 is 2. The number of rotatable bonds is 8. The lowest BCUT2D eigenvalue weighted by atomic mass is 10.1. The van der Waals surface area contributed by atoms with Gasteiger partial charge < -0.3 is 14.2 Å². The standard InChI is InChI=1S/C19H21ClN2O4/c1-4-26-16-8-6-15(20)11-14(16)12-21-22-19(23)10-13-5-7-17(24-2)18(9-13)25-3/h5-9,11-12H,4,10H2,1-3H3,(H,22,23)/b21-12+. The van der Waals surface area contributed by atoms with Gasteiger partial charge in [0.15, 0.2) is 11.5 Å². The van der Waals surface area contributed by atoms with Crippen molar-refractivity contribution in [1.29, 1.82) is 0 Å². The quantitative estimate of drug-likeness (QED) is 0.566. The number of amides is 1. The summed E-state index contributed by atoms with van der Waals surface area (Å²) < 4.78 is 15.9. The number of nitrogens with one attached hydrogen (secondary N) is 1. The molecular weight excluding hydrogens is 356 g/mol. The van der Waals surface area contributed by atoms with E-state index < -0.39 is 0 Å². The summed E-state index contributed by atoms with van der Waals surface area (Å²) in [7, 11) is 3.11. The molecule has 2 aromatic carbocycles. The summed E-state index contributed by atoms with van der Waals surface area (Å²) in [6.45, 7) is 2.41. The molecule has 2 aromatic rings. The van der Waals surface area contributed by atoms with Crippen LogP contribution in [0.3, 0.4) is 0 Å². The van der Waals surface area contributed by atoms with Gasteiger partial charge in [-0.05, 0) is 42.8 Å². The minimum absolute atomic E-state index is 0.158. The van der Waals surface area contributed by atoms with Gasteiger partial charge in [-0.25, -0.2) is 5.43 Å². The third kappa shape index (κ3) is 5.39. The van der Waals surface area contributed by atoms with Gasteiger partial charge in [0.2, 0.25) is 5.91 Å². The highest BCUT2D eigenvalue weighted by Crippen LogP contribution is 2.27. The molecule has 138 valence electrons. The van der Waals surface area contributed by atoms with Crippen LogP contribution in [-0.2, 0) is 11.2 Å². The maximum absolute atomic E-state index is 12.1. The van der Waals surface area contributed by atoms with E-state index in [1.165, 1.54) is 6.21 Å². The van der Waals surface area contributed by atoms with Gasteiger partial charge in [0.25, 0.3) is 0 Å². The van der Waals surface area contributed by atoms with Gasteiger partial charge in [0.05, 0.1) is 33.5 Å². The molecule has 0 saturated carbocycles. The summed E-state index contributed by atoms with van der Waals surface area (Å²) in [6.07, 6.45) is 1.66. The number of nitrogens with zero attached hydrogens (tertiary/aromatic N) is 1. The fourth-order valence-electron chi connectivity index (χ4n) is 2.30. The molecule has 0 aliphatic heterocycles. The van der Waals surface area contributed by atoms with Gasteiger partial charge in [-0.1, -0.05) is 17.7 Å². The molecule has 0 spiro atoms. The van der Waals surface area contributed by atoms with Gasteiger partial charge in [-0.3, -0.25) is 4.79 Å². The Kier molecular flexibility index (Phi) is 7.29. The van der Waals surface area contributed by atoms with Crippen LogP contribution in [0.15, 0.2) is 41.5 Å². The Labute approximate surface area is 157 Å². The molecule has 0 fully saturated rings. The Morgan fingerprint density at radius 1 is 1.12 bits per heavy atom. The molecular formula is C19H21ClN2O4. The number of hydrogen-bond acceptors (Lipinski definition) is 5. The van der Waals surface area contributed by atoms with Crippen LogP contribution in [-0.4, -0.2) is 32.9 Å². The van der Waals surface area contributed by atoms with E-state index in [9.17, 15) is 4.79 Å². The van der Waals surface area contributed by atoms with Crippen LogP contribution in [0.25, 0.3) is 0 Å². The summed E-state index contributed by atoms with van der Waals surface area (Å²) >= 11 is 5.99. The first kappa shape index (κ1) is 19.6. The predicted octanol–water partition coefficient (Wildman–Crippen LogP) is 3.45. The fraction of sp³-hybridized carbons (Fsp3) is 0.263. The smallest absolute Gasteiger partial charge is 0.244 e. The molecule has 26 heavy (non-hydrogen) atoms. The molecule has 1 N–H and O–H groups in total. The van der Waals surface area contributed by atoms with Gasteiger partial charge >= 0.3 is 0 Å². The lowest BCUT2D eigenvalue weighted by Crippen LogP contribution is -2.19. The minimum Gasteiger partial charge on any atom is -0.493 e. The zero-order valence-electron chi connectivity index (χ0n) is 14.9. The Hall–Kier alpha value is -2.73. The van der Waals surface area contributed by atoms with Crippen LogP contribution in [0.5, 0.6) is 17.2 Å². The average Bonchev–Trinajstić information content (AvgIpc) is 2.63. The molecule has 6 nitrogen and oxygen atoms in total. The zero-order chi connectivity index (χ0) is 18.9. The number of hydrogen-bond donors (Lipinski definition) is 1. The Morgan fingerprint density at radius 2 is 1.85 bits per heavy atom. The summed E-state index contributed by atoms with van der Waals surface area (Å²) in [6, 6.07) is 10.5. The Balaban J connectivity index is 2.01. The van der Waals surface area contributed by atoms with Crippen LogP contribution in [0, 0.1) is 0 Å². The van der Waals surface area contributed by atoms with E-state index in [0.29, 0.717) is 34.4 Å². The largest absolute Gasteiger partial charge is 0.493 e. The van der Waals surface area contributed by atoms with E-state index in [2.05, 4.69) is 10.5 Å². The molecule has 0 atom stereocenters. The topological polar surface area (TPSA) is 69.2 Å². The fourth-order valence-corrected chi connectivity index (χ4v) is 2.48. The highest BCUT2D eigenvalue weighted by atomic mass is 35.5. The molecule has 0 saturated heterocycles. The summed E-state index contributed by atoms with van der Waals surface area (Å²) in [5, 5.41) is 4.54. The molecule has 0 aromatic heterocycles. The summed E-state index contributed by atoms with van der Waals surface area (Å²) in [4.78, 5) is 12.1. The van der Waals surface area contributed by atoms with Crippen molar-refractivity contribution in [2.24, 2.45) is 5.10 Å². The highest BCUT2D eigenvalue weighted by Gasteiger charge is 2.08. The third-order valence-electron chi connectivity index (χ3n) is 3.48. The second kappa shape index (κ2) is 9.68. The maximum Gasteiger partial charge on any atom is 0.244 e. The molecule has 1 amide bonds. The zero-order valence-corrected chi connectivity index (χ0v) is 15.7. The third-order valence-corrected chi connectivity index (χ3v) is 3.71. The van der Waals surface area contributed by atoms with Crippen LogP contribution >= 0.6 is 11.6 Å². The average molecular weight is 377 g/mol. The van der Waals surface area contributed by atoms with Crippen molar-refractivity contribution >= 4 is 23.7 Å². The van der Waals surface area contributed by atoms with E-state index in [4.69, 9.17) is 25.8 Å². The summed E-state index contributed by atoms with van der Waals surface area (Å²) in [5.74, 6) is 1.57. The van der Waals surface area contributed by atoms with Crippen molar-refractivity contribution in [3.8, 4) is 17.2 Å². The van der Waals surface area contributed by atoms with Crippen LogP contribution in [0.2, 0.25) is 5.02 Å². The van der Waals surface area contributed by atoms with Crippen LogP contribution in [0.1, 0.15) is 18.1 Å². The van der Waals surface area contributed by atoms with Gasteiger partial charge in [0, 0.05) is 10.6 Å². The van der Waals surface area contributed by atoms with Gasteiger partial charge in [0.1, 0.15) is 5.75 Å². The number of hydrazone groups is 1. The van der Waals surface area contributed by atoms with Crippen molar-refractivity contribution in [3.63, 3.8) is 0 Å². The second-order valence-corrected chi connectivity index (χ2v) is 5.71. The predicted molar refractivity (Wildman–Crippen MR) is 102 cm³/mol. The van der Waals surface area contributed by atoms with Crippen molar-refractivity contribution in [3.05, 3.63) is 52.5 Å². The molecule has 0 unspecified atom stereocenters. The Bertz CT molecular complexity index is 793. The van der Waals surface area contributed by atoms with Gasteiger partial charge in [-0.2, -0.15) is 5.10 Å². The molecule has 7 heteroatoms. The Morgan fingerprint density at radius 3 is 2.54 bits per heavy atom. The second-order valence-electron chi connectivity index (χ2n) is 5.27. The number of carbonyl (C=O) groups excluding carboxylic acids is 1. The van der Waals surface area contributed by atoms with E-state index >= 15 is 0 Å². The van der Waals surface area contributed by atoms with Gasteiger partial charge in [-0.15, -0.1) is 0 Å². The maximum atomic E-state index is 12.1. The number of benzene rings is 2. The van der Waals surface area contributed by atoms with E-state index in [-0.39, 0.29) is 12.3 Å².